The van der Waals surface area contributed by atoms with Crippen molar-refractivity contribution in [2.45, 2.75) is 0 Å². The number of nitrogens with zero attached hydrogens (tertiary/aromatic N) is 4. The van der Waals surface area contributed by atoms with Gasteiger partial charge in [0.15, 0.2) is 0 Å². The van der Waals surface area contributed by atoms with Crippen molar-refractivity contribution in [3.63, 3.8) is 0 Å². The van der Waals surface area contributed by atoms with Crippen LogP contribution in [-0.4, -0.2) is 52.8 Å². The quantitative estimate of drug-likeness (QED) is 0.579. The molecule has 0 unspecified atom stereocenters. The van der Waals surface area contributed by atoms with Gasteiger partial charge in [0.1, 0.15) is 5.65 Å². The molecule has 3 aromatic rings. The standard InChI is InChI=1S/C19H19N5O/c20-19(23-9-11-25-12-10-23)21-13-15-4-6-16(7-5-15)17-14-24-8-2-1-3-18(24)22-17/h1-8,13-14,20H,9-12H2/b20-19?,21-13+. The number of pyridine rings is 1. The second kappa shape index (κ2) is 6.86. The summed E-state index contributed by atoms with van der Waals surface area (Å²) in [5, 5.41) is 8.03. The Morgan fingerprint density at radius 2 is 1.92 bits per heavy atom. The fourth-order valence-electron chi connectivity index (χ4n) is 2.81. The molecular weight excluding hydrogens is 314 g/mol. The number of morpholine rings is 1. The number of aliphatic imine (C=N–C) groups is 1. The lowest BCUT2D eigenvalue weighted by molar-refractivity contribution is 0.0673. The van der Waals surface area contributed by atoms with Gasteiger partial charge in [0, 0.05) is 37.3 Å². The summed E-state index contributed by atoms with van der Waals surface area (Å²) < 4.78 is 7.30. The molecule has 126 valence electrons. The van der Waals surface area contributed by atoms with Gasteiger partial charge >= 0.3 is 0 Å². The van der Waals surface area contributed by atoms with Gasteiger partial charge in [0.05, 0.1) is 18.9 Å². The number of ether oxygens (including phenoxy) is 1. The maximum absolute atomic E-state index is 8.03. The highest BCUT2D eigenvalue weighted by atomic mass is 16.5. The Morgan fingerprint density at radius 1 is 1.12 bits per heavy atom. The number of fused-ring (bicyclic) bond motifs is 1. The third kappa shape index (κ3) is 3.44. The molecule has 6 heteroatoms. The van der Waals surface area contributed by atoms with Crippen molar-refractivity contribution < 1.29 is 4.74 Å². The summed E-state index contributed by atoms with van der Waals surface area (Å²) in [5.41, 5.74) is 3.90. The molecule has 1 saturated heterocycles. The van der Waals surface area contributed by atoms with Crippen LogP contribution in [0, 0.1) is 5.41 Å². The summed E-state index contributed by atoms with van der Waals surface area (Å²) in [6.07, 6.45) is 5.74. The van der Waals surface area contributed by atoms with Gasteiger partial charge in [0.2, 0.25) is 5.96 Å². The van der Waals surface area contributed by atoms with Crippen molar-refractivity contribution in [1.29, 1.82) is 5.41 Å². The average molecular weight is 333 g/mol. The third-order valence-corrected chi connectivity index (χ3v) is 4.22. The minimum Gasteiger partial charge on any atom is -0.378 e. The molecule has 1 aliphatic heterocycles. The molecule has 0 spiro atoms. The van der Waals surface area contributed by atoms with Crippen molar-refractivity contribution >= 4 is 17.8 Å². The highest BCUT2D eigenvalue weighted by molar-refractivity contribution is 5.92. The van der Waals surface area contributed by atoms with E-state index in [2.05, 4.69) is 9.98 Å². The van der Waals surface area contributed by atoms with E-state index < -0.39 is 0 Å². The Bertz CT molecular complexity index is 874. The molecule has 4 rings (SSSR count). The summed E-state index contributed by atoms with van der Waals surface area (Å²) in [6.45, 7) is 2.77. The van der Waals surface area contributed by atoms with Crippen LogP contribution in [0.2, 0.25) is 0 Å². The zero-order valence-corrected chi connectivity index (χ0v) is 13.8. The SMILES string of the molecule is N=C(/N=C/c1ccc(-c2cn3ccccc3n2)cc1)N1CCOCC1. The molecule has 1 fully saturated rings. The minimum absolute atomic E-state index is 0.285. The van der Waals surface area contributed by atoms with Crippen LogP contribution in [0.25, 0.3) is 16.9 Å². The van der Waals surface area contributed by atoms with Gasteiger partial charge in [-0.2, -0.15) is 0 Å². The summed E-state index contributed by atoms with van der Waals surface area (Å²) in [7, 11) is 0. The van der Waals surface area contributed by atoms with Crippen molar-refractivity contribution in [3.05, 3.63) is 60.4 Å². The number of aromatic nitrogens is 2. The van der Waals surface area contributed by atoms with Gasteiger partial charge in [-0.05, 0) is 17.7 Å². The molecule has 0 aliphatic carbocycles. The van der Waals surface area contributed by atoms with Gasteiger partial charge in [-0.15, -0.1) is 0 Å². The molecule has 0 amide bonds. The molecule has 1 aromatic carbocycles. The van der Waals surface area contributed by atoms with Crippen molar-refractivity contribution in [2.24, 2.45) is 4.99 Å². The molecule has 1 N–H and O–H groups in total. The highest BCUT2D eigenvalue weighted by Crippen LogP contribution is 2.19. The van der Waals surface area contributed by atoms with Crippen molar-refractivity contribution in [3.8, 4) is 11.3 Å². The predicted molar refractivity (Wildman–Crippen MR) is 98.3 cm³/mol. The molecule has 0 saturated carbocycles. The smallest absolute Gasteiger partial charge is 0.217 e. The minimum atomic E-state index is 0.285. The van der Waals surface area contributed by atoms with E-state index >= 15 is 0 Å². The van der Waals surface area contributed by atoms with Crippen LogP contribution in [0.1, 0.15) is 5.56 Å². The lowest BCUT2D eigenvalue weighted by Crippen LogP contribution is -2.39. The van der Waals surface area contributed by atoms with Crippen molar-refractivity contribution in [2.75, 3.05) is 26.3 Å². The monoisotopic (exact) mass is 333 g/mol. The van der Waals surface area contributed by atoms with Gasteiger partial charge in [0.25, 0.3) is 0 Å². The molecule has 2 aromatic heterocycles. The fraction of sp³-hybridized carbons (Fsp3) is 0.211. The lowest BCUT2D eigenvalue weighted by atomic mass is 10.1. The second-order valence-corrected chi connectivity index (χ2v) is 5.90. The topological polar surface area (TPSA) is 66.0 Å². The zero-order valence-electron chi connectivity index (χ0n) is 13.8. The first-order chi connectivity index (χ1) is 12.3. The maximum atomic E-state index is 8.03. The second-order valence-electron chi connectivity index (χ2n) is 5.90. The fourth-order valence-corrected chi connectivity index (χ4v) is 2.81. The van der Waals surface area contributed by atoms with Crippen LogP contribution < -0.4 is 0 Å². The zero-order chi connectivity index (χ0) is 17.1. The van der Waals surface area contributed by atoms with E-state index in [1.165, 1.54) is 0 Å². The first kappa shape index (κ1) is 15.5. The van der Waals surface area contributed by atoms with Gasteiger partial charge in [-0.25, -0.2) is 9.98 Å². The summed E-state index contributed by atoms with van der Waals surface area (Å²) in [5.74, 6) is 0.285. The molecular formula is C19H19N5O. The predicted octanol–water partition coefficient (Wildman–Crippen LogP) is 2.69. The molecule has 0 radical (unpaired) electrons. The molecule has 0 bridgehead atoms. The third-order valence-electron chi connectivity index (χ3n) is 4.22. The van der Waals surface area contributed by atoms with E-state index in [4.69, 9.17) is 10.1 Å². The summed E-state index contributed by atoms with van der Waals surface area (Å²) in [4.78, 5) is 10.8. The number of hydrogen-bond donors (Lipinski definition) is 1. The van der Waals surface area contributed by atoms with Crippen LogP contribution in [0.5, 0.6) is 0 Å². The van der Waals surface area contributed by atoms with E-state index in [1.807, 2.05) is 64.2 Å². The van der Waals surface area contributed by atoms with Crippen LogP contribution in [0.4, 0.5) is 0 Å². The van der Waals surface area contributed by atoms with E-state index in [-0.39, 0.29) is 5.96 Å². The molecule has 1 aliphatic rings. The van der Waals surface area contributed by atoms with E-state index in [1.54, 1.807) is 6.21 Å². The van der Waals surface area contributed by atoms with E-state index in [0.717, 1.165) is 35.6 Å². The summed E-state index contributed by atoms with van der Waals surface area (Å²) in [6, 6.07) is 14.0. The first-order valence-corrected chi connectivity index (χ1v) is 8.29. The molecule has 0 atom stereocenters. The number of hydrogen-bond acceptors (Lipinski definition) is 3. The average Bonchev–Trinajstić information content (AvgIpc) is 3.11. The number of nitrogens with one attached hydrogen (secondary N) is 1. The molecule has 3 heterocycles. The maximum Gasteiger partial charge on any atom is 0.217 e. The van der Waals surface area contributed by atoms with Crippen LogP contribution in [-0.2, 0) is 4.74 Å². The Balaban J connectivity index is 1.48. The Morgan fingerprint density at radius 3 is 2.68 bits per heavy atom. The normalized spacial score (nSPS) is 15.1. The van der Waals surface area contributed by atoms with E-state index in [0.29, 0.717) is 13.2 Å². The summed E-state index contributed by atoms with van der Waals surface area (Å²) >= 11 is 0. The van der Waals surface area contributed by atoms with Crippen molar-refractivity contribution in [1.82, 2.24) is 14.3 Å². The Hall–Kier alpha value is -2.99. The number of benzene rings is 1. The largest absolute Gasteiger partial charge is 0.378 e. The van der Waals surface area contributed by atoms with Crippen LogP contribution >= 0.6 is 0 Å². The van der Waals surface area contributed by atoms with Crippen LogP contribution in [0.3, 0.4) is 0 Å². The number of rotatable bonds is 2. The lowest BCUT2D eigenvalue weighted by Gasteiger charge is -2.26. The van der Waals surface area contributed by atoms with Gasteiger partial charge in [-0.3, -0.25) is 5.41 Å². The van der Waals surface area contributed by atoms with Gasteiger partial charge in [-0.1, -0.05) is 30.3 Å². The Labute approximate surface area is 145 Å². The molecule has 25 heavy (non-hydrogen) atoms. The highest BCUT2D eigenvalue weighted by Gasteiger charge is 2.12. The molecule has 6 nitrogen and oxygen atoms in total. The number of imidazole rings is 1. The van der Waals surface area contributed by atoms with Gasteiger partial charge < -0.3 is 14.0 Å². The van der Waals surface area contributed by atoms with Crippen LogP contribution in [0.15, 0.2) is 59.9 Å². The first-order valence-electron chi connectivity index (χ1n) is 8.29. The number of guanidine groups is 1. The van der Waals surface area contributed by atoms with E-state index in [9.17, 15) is 0 Å². The Kier molecular flexibility index (Phi) is 4.26.